The molecule has 2 unspecified atom stereocenters. The van der Waals surface area contributed by atoms with Gasteiger partial charge in [-0.1, -0.05) is 0 Å². The van der Waals surface area contributed by atoms with Crippen LogP contribution < -0.4 is 5.32 Å². The maximum absolute atomic E-state index is 10.8. The normalized spacial score (nSPS) is 14.3. The molecule has 0 aliphatic heterocycles. The van der Waals surface area contributed by atoms with E-state index in [-0.39, 0.29) is 17.8 Å². The van der Waals surface area contributed by atoms with Gasteiger partial charge >= 0.3 is 5.97 Å². The van der Waals surface area contributed by atoms with Crippen molar-refractivity contribution in [3.05, 3.63) is 39.7 Å². The van der Waals surface area contributed by atoms with E-state index >= 15 is 0 Å². The van der Waals surface area contributed by atoms with E-state index in [0.717, 1.165) is 10.7 Å². The highest BCUT2D eigenvalue weighted by Gasteiger charge is 2.17. The van der Waals surface area contributed by atoms with Gasteiger partial charge in [-0.2, -0.15) is 0 Å². The molecule has 0 aliphatic rings. The van der Waals surface area contributed by atoms with Crippen molar-refractivity contribution in [2.45, 2.75) is 32.9 Å². The first kappa shape index (κ1) is 13.8. The Morgan fingerprint density at radius 2 is 2.16 bits per heavy atom. The summed E-state index contributed by atoms with van der Waals surface area (Å²) in [5.74, 6) is -0.485. The molecule has 5 nitrogen and oxygen atoms in total. The van der Waals surface area contributed by atoms with Crippen LogP contribution in [-0.2, 0) is 0 Å². The Balaban J connectivity index is 2.03. The maximum atomic E-state index is 10.8. The van der Waals surface area contributed by atoms with Crippen molar-refractivity contribution in [2.24, 2.45) is 0 Å². The summed E-state index contributed by atoms with van der Waals surface area (Å²) in [5.41, 5.74) is 1.01. The van der Waals surface area contributed by atoms with Crippen molar-refractivity contribution in [3.8, 4) is 0 Å². The number of aromatic nitrogens is 1. The third kappa shape index (κ3) is 3.21. The average molecular weight is 280 g/mol. The number of thiazole rings is 1. The highest BCUT2D eigenvalue weighted by molar-refractivity contribution is 7.09. The summed E-state index contributed by atoms with van der Waals surface area (Å²) in [5, 5.41) is 15.2. The van der Waals surface area contributed by atoms with Gasteiger partial charge in [-0.15, -0.1) is 11.3 Å². The summed E-state index contributed by atoms with van der Waals surface area (Å²) >= 11 is 1.61. The second kappa shape index (κ2) is 5.54. The minimum atomic E-state index is -1.05. The van der Waals surface area contributed by atoms with Crippen LogP contribution in [0.5, 0.6) is 0 Å². The molecule has 2 rings (SSSR count). The van der Waals surface area contributed by atoms with Crippen molar-refractivity contribution < 1.29 is 14.3 Å². The van der Waals surface area contributed by atoms with E-state index in [1.165, 1.54) is 6.07 Å². The van der Waals surface area contributed by atoms with Crippen LogP contribution >= 0.6 is 11.3 Å². The van der Waals surface area contributed by atoms with E-state index in [4.69, 9.17) is 9.52 Å². The lowest BCUT2D eigenvalue weighted by atomic mass is 10.2. The van der Waals surface area contributed by atoms with Gasteiger partial charge in [0.05, 0.1) is 12.1 Å². The molecule has 0 saturated carbocycles. The molecule has 2 aromatic rings. The first-order valence-corrected chi connectivity index (χ1v) is 6.86. The molecule has 0 saturated heterocycles. The SMILES string of the molecule is Cc1csc(C(C)NC(C)c2ccc(C(=O)O)o2)n1. The zero-order chi connectivity index (χ0) is 14.0. The molecule has 0 amide bonds. The Hall–Kier alpha value is -1.66. The zero-order valence-electron chi connectivity index (χ0n) is 11.0. The standard InChI is InChI=1S/C13H16N2O3S/c1-7-6-19-12(14-7)9(3)15-8(2)10-4-5-11(18-10)13(16)17/h4-6,8-9,15H,1-3H3,(H,16,17). The first-order valence-electron chi connectivity index (χ1n) is 5.98. The van der Waals surface area contributed by atoms with Gasteiger partial charge in [-0.3, -0.25) is 5.32 Å². The minimum absolute atomic E-state index is 0.0404. The fraction of sp³-hybridized carbons (Fsp3) is 0.385. The Labute approximate surface area is 115 Å². The van der Waals surface area contributed by atoms with Crippen LogP contribution in [0.4, 0.5) is 0 Å². The van der Waals surface area contributed by atoms with Gasteiger partial charge in [0.15, 0.2) is 0 Å². The minimum Gasteiger partial charge on any atom is -0.475 e. The third-order valence-electron chi connectivity index (χ3n) is 2.77. The molecule has 2 atom stereocenters. The van der Waals surface area contributed by atoms with Gasteiger partial charge in [0.2, 0.25) is 5.76 Å². The average Bonchev–Trinajstić information content (AvgIpc) is 2.96. The smallest absolute Gasteiger partial charge is 0.371 e. The van der Waals surface area contributed by atoms with Crippen LogP contribution in [0, 0.1) is 6.92 Å². The number of carboxylic acids is 1. The molecule has 2 N–H and O–H groups in total. The van der Waals surface area contributed by atoms with E-state index < -0.39 is 5.97 Å². The number of carbonyl (C=O) groups is 1. The number of nitrogens with one attached hydrogen (secondary N) is 1. The predicted octanol–water partition coefficient (Wildman–Crippen LogP) is 3.15. The molecule has 0 radical (unpaired) electrons. The second-order valence-electron chi connectivity index (χ2n) is 4.44. The Morgan fingerprint density at radius 1 is 1.42 bits per heavy atom. The van der Waals surface area contributed by atoms with Crippen LogP contribution in [0.3, 0.4) is 0 Å². The van der Waals surface area contributed by atoms with Crippen LogP contribution in [0.25, 0.3) is 0 Å². The fourth-order valence-corrected chi connectivity index (χ4v) is 2.61. The number of furan rings is 1. The van der Waals surface area contributed by atoms with Crippen LogP contribution in [-0.4, -0.2) is 16.1 Å². The number of nitrogens with zero attached hydrogens (tertiary/aromatic N) is 1. The van der Waals surface area contributed by atoms with Gasteiger partial charge in [-0.25, -0.2) is 9.78 Å². The summed E-state index contributed by atoms with van der Waals surface area (Å²) in [4.78, 5) is 15.2. The van der Waals surface area contributed by atoms with E-state index in [1.54, 1.807) is 17.4 Å². The Morgan fingerprint density at radius 3 is 2.68 bits per heavy atom. The quantitative estimate of drug-likeness (QED) is 0.880. The number of hydrogen-bond acceptors (Lipinski definition) is 5. The zero-order valence-corrected chi connectivity index (χ0v) is 11.8. The molecule has 102 valence electrons. The van der Waals surface area contributed by atoms with Gasteiger partial charge in [0, 0.05) is 11.1 Å². The van der Waals surface area contributed by atoms with E-state index in [2.05, 4.69) is 10.3 Å². The number of carboxylic acid groups (broad SMARTS) is 1. The summed E-state index contributed by atoms with van der Waals surface area (Å²) in [6.45, 7) is 5.92. The number of aromatic carboxylic acids is 1. The summed E-state index contributed by atoms with van der Waals surface area (Å²) in [6.07, 6.45) is 0. The molecule has 0 bridgehead atoms. The summed E-state index contributed by atoms with van der Waals surface area (Å²) < 4.78 is 5.27. The molecular formula is C13H16N2O3S. The number of aryl methyl sites for hydroxylation is 1. The summed E-state index contributed by atoms with van der Waals surface area (Å²) in [7, 11) is 0. The first-order chi connectivity index (χ1) is 8.97. The molecule has 0 spiro atoms. The molecular weight excluding hydrogens is 264 g/mol. The maximum Gasteiger partial charge on any atom is 0.371 e. The van der Waals surface area contributed by atoms with Crippen LogP contribution in [0.1, 0.15) is 52.9 Å². The van der Waals surface area contributed by atoms with Crippen molar-refractivity contribution in [2.75, 3.05) is 0 Å². The fourth-order valence-electron chi connectivity index (χ4n) is 1.80. The lowest BCUT2D eigenvalue weighted by Gasteiger charge is -2.16. The summed E-state index contributed by atoms with van der Waals surface area (Å²) in [6, 6.07) is 3.16. The van der Waals surface area contributed by atoms with Crippen molar-refractivity contribution in [1.29, 1.82) is 0 Å². The van der Waals surface area contributed by atoms with Crippen molar-refractivity contribution in [1.82, 2.24) is 10.3 Å². The molecule has 0 fully saturated rings. The lowest BCUT2D eigenvalue weighted by molar-refractivity contribution is 0.0659. The number of hydrogen-bond donors (Lipinski definition) is 2. The Kier molecular flexibility index (Phi) is 4.01. The third-order valence-corrected chi connectivity index (χ3v) is 3.92. The topological polar surface area (TPSA) is 75.4 Å². The molecule has 2 heterocycles. The van der Waals surface area contributed by atoms with Crippen molar-refractivity contribution >= 4 is 17.3 Å². The lowest BCUT2D eigenvalue weighted by Crippen LogP contribution is -2.22. The number of rotatable bonds is 5. The predicted molar refractivity (Wildman–Crippen MR) is 72.5 cm³/mol. The molecule has 2 aromatic heterocycles. The van der Waals surface area contributed by atoms with Gasteiger partial charge in [0.1, 0.15) is 10.8 Å². The van der Waals surface area contributed by atoms with Crippen LogP contribution in [0.2, 0.25) is 0 Å². The highest BCUT2D eigenvalue weighted by atomic mass is 32.1. The highest BCUT2D eigenvalue weighted by Crippen LogP contribution is 2.23. The van der Waals surface area contributed by atoms with Gasteiger partial charge in [0.25, 0.3) is 0 Å². The largest absolute Gasteiger partial charge is 0.475 e. The molecule has 0 aromatic carbocycles. The van der Waals surface area contributed by atoms with Crippen molar-refractivity contribution in [3.63, 3.8) is 0 Å². The monoisotopic (exact) mass is 280 g/mol. The second-order valence-corrected chi connectivity index (χ2v) is 5.33. The van der Waals surface area contributed by atoms with E-state index in [9.17, 15) is 4.79 Å². The Bertz CT molecular complexity index is 576. The van der Waals surface area contributed by atoms with E-state index in [1.807, 2.05) is 26.2 Å². The van der Waals surface area contributed by atoms with Gasteiger partial charge < -0.3 is 9.52 Å². The van der Waals surface area contributed by atoms with E-state index in [0.29, 0.717) is 5.76 Å². The molecule has 6 heteroatoms. The molecule has 0 aliphatic carbocycles. The van der Waals surface area contributed by atoms with Gasteiger partial charge in [-0.05, 0) is 32.9 Å². The van der Waals surface area contributed by atoms with Crippen LogP contribution in [0.15, 0.2) is 21.9 Å². The molecule has 19 heavy (non-hydrogen) atoms.